The Morgan fingerprint density at radius 2 is 1.83 bits per heavy atom. The fourth-order valence-corrected chi connectivity index (χ4v) is 3.88. The van der Waals surface area contributed by atoms with Crippen LogP contribution in [0, 0.1) is 0 Å². The van der Waals surface area contributed by atoms with Crippen LogP contribution in [0.5, 0.6) is 5.75 Å². The van der Waals surface area contributed by atoms with Crippen LogP contribution in [0.2, 0.25) is 0 Å². The smallest absolute Gasteiger partial charge is 0.244 e. The molecule has 1 N–H and O–H groups in total. The van der Waals surface area contributed by atoms with Gasteiger partial charge in [0.2, 0.25) is 10.0 Å². The second-order valence-corrected chi connectivity index (χ2v) is 8.18. The number of aromatic nitrogens is 3. The number of rotatable bonds is 8. The van der Waals surface area contributed by atoms with E-state index in [2.05, 4.69) is 19.7 Å². The molecule has 0 aliphatic rings. The zero-order chi connectivity index (χ0) is 20.9. The van der Waals surface area contributed by atoms with E-state index < -0.39 is 10.0 Å². The topological polar surface area (TPSA) is 97.3 Å². The maximum atomic E-state index is 12.6. The lowest BCUT2D eigenvalue weighted by Crippen LogP contribution is -2.26. The zero-order valence-electron chi connectivity index (χ0n) is 16.5. The van der Waals surface area contributed by atoms with E-state index in [9.17, 15) is 8.42 Å². The summed E-state index contributed by atoms with van der Waals surface area (Å²) >= 11 is 0. The van der Waals surface area contributed by atoms with Crippen LogP contribution in [0.15, 0.2) is 59.6 Å². The lowest BCUT2D eigenvalue weighted by molar-refractivity contribution is 0.402. The molecular formula is C20H23N5O3S. The average Bonchev–Trinajstić information content (AvgIpc) is 2.74. The highest BCUT2D eigenvalue weighted by Gasteiger charge is 2.18. The zero-order valence-corrected chi connectivity index (χ0v) is 17.3. The van der Waals surface area contributed by atoms with Crippen LogP contribution in [0.1, 0.15) is 5.69 Å². The number of ether oxygens (including phenoxy) is 1. The Balaban J connectivity index is 1.79. The number of nitrogens with zero attached hydrogens (tertiary/aromatic N) is 4. The minimum atomic E-state index is -3.70. The van der Waals surface area contributed by atoms with Gasteiger partial charge < -0.3 is 9.64 Å². The van der Waals surface area contributed by atoms with Crippen molar-refractivity contribution in [3.8, 4) is 17.3 Å². The number of anilines is 1. The molecule has 0 saturated carbocycles. The van der Waals surface area contributed by atoms with Crippen molar-refractivity contribution in [2.75, 3.05) is 32.6 Å². The van der Waals surface area contributed by atoms with Gasteiger partial charge in [0.25, 0.3) is 0 Å². The number of pyridine rings is 1. The number of para-hydroxylation sites is 1. The van der Waals surface area contributed by atoms with Crippen molar-refractivity contribution in [3.05, 3.63) is 60.4 Å². The Morgan fingerprint density at radius 3 is 2.52 bits per heavy atom. The average molecular weight is 414 g/mol. The maximum Gasteiger partial charge on any atom is 0.244 e. The van der Waals surface area contributed by atoms with Crippen LogP contribution < -0.4 is 14.4 Å². The molecule has 0 spiro atoms. The number of sulfonamides is 1. The Morgan fingerprint density at radius 1 is 1.07 bits per heavy atom. The van der Waals surface area contributed by atoms with Crippen molar-refractivity contribution < 1.29 is 13.2 Å². The monoisotopic (exact) mass is 413 g/mol. The third kappa shape index (κ3) is 5.07. The number of methoxy groups -OCH3 is 1. The highest BCUT2D eigenvalue weighted by Crippen LogP contribution is 2.22. The van der Waals surface area contributed by atoms with Crippen LogP contribution in [0.3, 0.4) is 0 Å². The summed E-state index contributed by atoms with van der Waals surface area (Å²) in [5.41, 5.74) is 1.37. The first-order valence-corrected chi connectivity index (χ1v) is 10.5. The molecule has 2 aromatic heterocycles. The molecule has 0 amide bonds. The highest BCUT2D eigenvalue weighted by atomic mass is 32.2. The summed E-state index contributed by atoms with van der Waals surface area (Å²) in [4.78, 5) is 15.4. The quantitative estimate of drug-likeness (QED) is 0.604. The Bertz CT molecular complexity index is 1070. The molecule has 0 saturated heterocycles. The van der Waals surface area contributed by atoms with Gasteiger partial charge >= 0.3 is 0 Å². The molecular weight excluding hydrogens is 390 g/mol. The van der Waals surface area contributed by atoms with Crippen molar-refractivity contribution in [3.63, 3.8) is 0 Å². The molecule has 8 nitrogen and oxygen atoms in total. The normalized spacial score (nSPS) is 11.3. The van der Waals surface area contributed by atoms with Gasteiger partial charge in [0.15, 0.2) is 5.82 Å². The molecule has 3 aromatic rings. The van der Waals surface area contributed by atoms with Gasteiger partial charge in [0, 0.05) is 45.0 Å². The second kappa shape index (κ2) is 8.97. The first kappa shape index (κ1) is 20.7. The van der Waals surface area contributed by atoms with Gasteiger partial charge in [-0.3, -0.25) is 4.98 Å². The Kier molecular flexibility index (Phi) is 6.40. The molecule has 29 heavy (non-hydrogen) atoms. The summed E-state index contributed by atoms with van der Waals surface area (Å²) in [6.45, 7) is 0.186. The summed E-state index contributed by atoms with van der Waals surface area (Å²) in [7, 11) is 1.51. The van der Waals surface area contributed by atoms with Crippen LogP contribution in [-0.2, 0) is 16.4 Å². The van der Waals surface area contributed by atoms with E-state index in [0.717, 1.165) is 5.82 Å². The van der Waals surface area contributed by atoms with E-state index in [-0.39, 0.29) is 11.4 Å². The van der Waals surface area contributed by atoms with Crippen molar-refractivity contribution in [2.45, 2.75) is 11.3 Å². The molecule has 2 heterocycles. The van der Waals surface area contributed by atoms with Gasteiger partial charge in [-0.1, -0.05) is 18.2 Å². The molecule has 3 rings (SSSR count). The number of nitrogens with one attached hydrogen (secondary N) is 1. The van der Waals surface area contributed by atoms with Gasteiger partial charge in [0.1, 0.15) is 22.2 Å². The van der Waals surface area contributed by atoms with Gasteiger partial charge in [0.05, 0.1) is 7.11 Å². The molecule has 152 valence electrons. The summed E-state index contributed by atoms with van der Waals surface area (Å²) in [6, 6.07) is 13.9. The van der Waals surface area contributed by atoms with Gasteiger partial charge in [-0.25, -0.2) is 23.1 Å². The van der Waals surface area contributed by atoms with Crippen LogP contribution in [0.25, 0.3) is 11.5 Å². The molecule has 0 fully saturated rings. The van der Waals surface area contributed by atoms with Crippen molar-refractivity contribution in [1.82, 2.24) is 19.7 Å². The number of hydrogen-bond donors (Lipinski definition) is 1. The third-order valence-electron chi connectivity index (χ3n) is 4.15. The fourth-order valence-electron chi connectivity index (χ4n) is 2.68. The minimum Gasteiger partial charge on any atom is -0.495 e. The molecule has 0 atom stereocenters. The molecule has 0 aliphatic heterocycles. The predicted molar refractivity (Wildman–Crippen MR) is 111 cm³/mol. The Labute approximate surface area is 170 Å². The number of hydrogen-bond acceptors (Lipinski definition) is 7. The van der Waals surface area contributed by atoms with E-state index in [1.807, 2.05) is 43.3 Å². The molecule has 0 aliphatic carbocycles. The molecule has 0 unspecified atom stereocenters. The van der Waals surface area contributed by atoms with E-state index in [1.165, 1.54) is 13.2 Å². The van der Waals surface area contributed by atoms with Crippen molar-refractivity contribution in [2.24, 2.45) is 0 Å². The lowest BCUT2D eigenvalue weighted by atomic mass is 10.2. The summed E-state index contributed by atoms with van der Waals surface area (Å²) < 4.78 is 33.0. The SMILES string of the molecule is COc1ccccc1S(=O)(=O)NCCc1cc(N(C)C)nc(-c2ccccn2)n1. The van der Waals surface area contributed by atoms with Crippen molar-refractivity contribution in [1.29, 1.82) is 0 Å². The van der Waals surface area contributed by atoms with Crippen molar-refractivity contribution >= 4 is 15.8 Å². The first-order valence-electron chi connectivity index (χ1n) is 9.00. The summed E-state index contributed by atoms with van der Waals surface area (Å²) in [5.74, 6) is 1.52. The summed E-state index contributed by atoms with van der Waals surface area (Å²) in [5, 5.41) is 0. The molecule has 9 heteroatoms. The van der Waals surface area contributed by atoms with Crippen LogP contribution in [0.4, 0.5) is 5.82 Å². The second-order valence-electron chi connectivity index (χ2n) is 6.45. The first-order chi connectivity index (χ1) is 13.9. The molecule has 0 radical (unpaired) electrons. The van der Waals surface area contributed by atoms with Gasteiger partial charge in [-0.05, 0) is 24.3 Å². The lowest BCUT2D eigenvalue weighted by Gasteiger charge is -2.14. The predicted octanol–water partition coefficient (Wildman–Crippen LogP) is 2.13. The van der Waals surface area contributed by atoms with E-state index in [0.29, 0.717) is 29.4 Å². The maximum absolute atomic E-state index is 12.6. The van der Waals surface area contributed by atoms with Crippen LogP contribution >= 0.6 is 0 Å². The van der Waals surface area contributed by atoms with Crippen LogP contribution in [-0.4, -0.2) is 51.1 Å². The van der Waals surface area contributed by atoms with Gasteiger partial charge in [-0.15, -0.1) is 0 Å². The largest absolute Gasteiger partial charge is 0.495 e. The molecule has 0 bridgehead atoms. The summed E-state index contributed by atoms with van der Waals surface area (Å²) in [6.07, 6.45) is 2.08. The fraction of sp³-hybridized carbons (Fsp3) is 0.250. The molecule has 1 aromatic carbocycles. The minimum absolute atomic E-state index is 0.105. The number of benzene rings is 1. The Hall–Kier alpha value is -3.04. The van der Waals surface area contributed by atoms with Gasteiger partial charge in [-0.2, -0.15) is 0 Å². The van der Waals surface area contributed by atoms with E-state index >= 15 is 0 Å². The standard InChI is InChI=1S/C20H23N5O3S/c1-25(2)19-14-15(23-20(24-19)16-8-6-7-12-21-16)11-13-22-29(26,27)18-10-5-4-9-17(18)28-3/h4-10,12,14,22H,11,13H2,1-3H3. The van der Waals surface area contributed by atoms with E-state index in [4.69, 9.17) is 4.74 Å². The van der Waals surface area contributed by atoms with E-state index in [1.54, 1.807) is 24.4 Å². The third-order valence-corrected chi connectivity index (χ3v) is 5.65. The highest BCUT2D eigenvalue weighted by molar-refractivity contribution is 7.89.